The average Bonchev–Trinajstić information content (AvgIpc) is 2.37. The second-order valence-corrected chi connectivity index (χ2v) is 4.67. The summed E-state index contributed by atoms with van der Waals surface area (Å²) in [5.74, 6) is 0. The van der Waals surface area contributed by atoms with Gasteiger partial charge in [-0.15, -0.1) is 0 Å². The topological polar surface area (TPSA) is 75.4 Å². The lowest BCUT2D eigenvalue weighted by Crippen LogP contribution is -2.42. The van der Waals surface area contributed by atoms with Crippen LogP contribution in [0, 0.1) is 10.1 Å². The number of aliphatic hydroxyl groups is 1. The van der Waals surface area contributed by atoms with E-state index in [4.69, 9.17) is 5.11 Å². The maximum Gasteiger partial charge on any atom is 0.269 e. The fourth-order valence-electron chi connectivity index (χ4n) is 1.73. The number of nitrogens with zero attached hydrogens (tertiary/aromatic N) is 1. The van der Waals surface area contributed by atoms with E-state index >= 15 is 0 Å². The standard InChI is InChI=1S/C13H20N2O3/c1-3-13(2,7-8-16)14-10-11-5-4-6-12(9-11)15(17)18/h4-6,9,14,16H,3,7-8,10H2,1-2H3. The largest absolute Gasteiger partial charge is 0.396 e. The van der Waals surface area contributed by atoms with Crippen molar-refractivity contribution in [2.24, 2.45) is 0 Å². The summed E-state index contributed by atoms with van der Waals surface area (Å²) in [7, 11) is 0. The lowest BCUT2D eigenvalue weighted by atomic mass is 9.94. The highest BCUT2D eigenvalue weighted by Gasteiger charge is 2.20. The Morgan fingerprint density at radius 1 is 1.50 bits per heavy atom. The molecule has 0 saturated carbocycles. The van der Waals surface area contributed by atoms with Gasteiger partial charge < -0.3 is 10.4 Å². The zero-order valence-electron chi connectivity index (χ0n) is 10.8. The Morgan fingerprint density at radius 3 is 2.78 bits per heavy atom. The third-order valence-corrected chi connectivity index (χ3v) is 3.28. The third-order valence-electron chi connectivity index (χ3n) is 3.28. The summed E-state index contributed by atoms with van der Waals surface area (Å²) in [5.41, 5.74) is 0.843. The molecule has 100 valence electrons. The molecule has 0 spiro atoms. The van der Waals surface area contributed by atoms with Gasteiger partial charge >= 0.3 is 0 Å². The molecule has 1 unspecified atom stereocenters. The van der Waals surface area contributed by atoms with Crippen molar-refractivity contribution in [3.05, 3.63) is 39.9 Å². The molecule has 1 aromatic carbocycles. The lowest BCUT2D eigenvalue weighted by Gasteiger charge is -2.29. The number of nitro groups is 1. The van der Waals surface area contributed by atoms with Crippen molar-refractivity contribution < 1.29 is 10.0 Å². The number of rotatable bonds is 7. The van der Waals surface area contributed by atoms with Crippen molar-refractivity contribution >= 4 is 5.69 Å². The SMILES string of the molecule is CCC(C)(CCO)NCc1cccc([N+](=O)[O-])c1. The summed E-state index contributed by atoms with van der Waals surface area (Å²) in [6.45, 7) is 4.79. The predicted octanol–water partition coefficient (Wildman–Crippen LogP) is 2.24. The van der Waals surface area contributed by atoms with E-state index in [1.807, 2.05) is 13.0 Å². The molecule has 5 nitrogen and oxygen atoms in total. The predicted molar refractivity (Wildman–Crippen MR) is 70.3 cm³/mol. The molecule has 0 aliphatic rings. The van der Waals surface area contributed by atoms with Crippen molar-refractivity contribution in [1.29, 1.82) is 0 Å². The monoisotopic (exact) mass is 252 g/mol. The summed E-state index contributed by atoms with van der Waals surface area (Å²) >= 11 is 0. The molecule has 0 fully saturated rings. The summed E-state index contributed by atoms with van der Waals surface area (Å²) in [5, 5.41) is 23.0. The molecule has 0 heterocycles. The van der Waals surface area contributed by atoms with Gasteiger partial charge in [0.1, 0.15) is 0 Å². The van der Waals surface area contributed by atoms with Crippen LogP contribution in [0.1, 0.15) is 32.3 Å². The molecule has 18 heavy (non-hydrogen) atoms. The van der Waals surface area contributed by atoms with Crippen LogP contribution in [0.4, 0.5) is 5.69 Å². The highest BCUT2D eigenvalue weighted by molar-refractivity contribution is 5.34. The van der Waals surface area contributed by atoms with Crippen LogP contribution in [0.2, 0.25) is 0 Å². The fraction of sp³-hybridized carbons (Fsp3) is 0.538. The molecule has 2 N–H and O–H groups in total. The molecular formula is C13H20N2O3. The van der Waals surface area contributed by atoms with Crippen LogP contribution in [0.3, 0.4) is 0 Å². The Hall–Kier alpha value is -1.46. The second kappa shape index (κ2) is 6.47. The van der Waals surface area contributed by atoms with Gasteiger partial charge in [-0.3, -0.25) is 10.1 Å². The smallest absolute Gasteiger partial charge is 0.269 e. The van der Waals surface area contributed by atoms with Crippen LogP contribution in [0.25, 0.3) is 0 Å². The zero-order valence-corrected chi connectivity index (χ0v) is 10.8. The van der Waals surface area contributed by atoms with Crippen molar-refractivity contribution in [2.75, 3.05) is 6.61 Å². The van der Waals surface area contributed by atoms with Gasteiger partial charge in [0.2, 0.25) is 0 Å². The number of nitrogens with one attached hydrogen (secondary N) is 1. The summed E-state index contributed by atoms with van der Waals surface area (Å²) in [6, 6.07) is 6.60. The number of nitro benzene ring substituents is 1. The number of non-ortho nitro benzene ring substituents is 1. The Bertz CT molecular complexity index is 409. The van der Waals surface area contributed by atoms with Gasteiger partial charge in [-0.05, 0) is 25.3 Å². The van der Waals surface area contributed by atoms with E-state index in [1.54, 1.807) is 12.1 Å². The van der Waals surface area contributed by atoms with Crippen molar-refractivity contribution in [3.8, 4) is 0 Å². The van der Waals surface area contributed by atoms with E-state index in [2.05, 4.69) is 12.2 Å². The summed E-state index contributed by atoms with van der Waals surface area (Å²) < 4.78 is 0. The van der Waals surface area contributed by atoms with E-state index in [1.165, 1.54) is 6.07 Å². The fourth-order valence-corrected chi connectivity index (χ4v) is 1.73. The maximum atomic E-state index is 10.7. The van der Waals surface area contributed by atoms with E-state index in [-0.39, 0.29) is 17.8 Å². The van der Waals surface area contributed by atoms with E-state index in [0.29, 0.717) is 13.0 Å². The molecule has 1 atom stereocenters. The molecule has 1 aromatic rings. The molecule has 0 radical (unpaired) electrons. The highest BCUT2D eigenvalue weighted by Crippen LogP contribution is 2.17. The first kappa shape index (κ1) is 14.6. The highest BCUT2D eigenvalue weighted by atomic mass is 16.6. The number of aliphatic hydroxyl groups excluding tert-OH is 1. The number of hydrogen-bond acceptors (Lipinski definition) is 4. The second-order valence-electron chi connectivity index (χ2n) is 4.67. The molecule has 0 saturated heterocycles. The lowest BCUT2D eigenvalue weighted by molar-refractivity contribution is -0.384. The van der Waals surface area contributed by atoms with Crippen LogP contribution in [-0.4, -0.2) is 22.2 Å². The van der Waals surface area contributed by atoms with E-state index in [9.17, 15) is 10.1 Å². The maximum absolute atomic E-state index is 10.7. The summed E-state index contributed by atoms with van der Waals surface area (Å²) in [4.78, 5) is 10.3. The first-order valence-corrected chi connectivity index (χ1v) is 6.10. The Balaban J connectivity index is 2.67. The van der Waals surface area contributed by atoms with Crippen LogP contribution in [0.5, 0.6) is 0 Å². The van der Waals surface area contributed by atoms with Gasteiger partial charge in [0, 0.05) is 30.8 Å². The molecule has 0 aliphatic carbocycles. The Kier molecular flexibility index (Phi) is 5.25. The molecular weight excluding hydrogens is 232 g/mol. The van der Waals surface area contributed by atoms with Crippen molar-refractivity contribution in [2.45, 2.75) is 38.8 Å². The number of hydrogen-bond donors (Lipinski definition) is 2. The third kappa shape index (κ3) is 4.09. The van der Waals surface area contributed by atoms with Gasteiger partial charge in [0.25, 0.3) is 5.69 Å². The zero-order chi connectivity index (χ0) is 13.6. The quantitative estimate of drug-likeness (QED) is 0.576. The minimum Gasteiger partial charge on any atom is -0.396 e. The molecule has 5 heteroatoms. The summed E-state index contributed by atoms with van der Waals surface area (Å²) in [6.07, 6.45) is 1.56. The molecule has 0 amide bonds. The normalized spacial score (nSPS) is 14.2. The minimum absolute atomic E-state index is 0.106. The Labute approximate surface area is 107 Å². The van der Waals surface area contributed by atoms with Crippen LogP contribution < -0.4 is 5.32 Å². The van der Waals surface area contributed by atoms with Gasteiger partial charge in [0.05, 0.1) is 4.92 Å². The van der Waals surface area contributed by atoms with Gasteiger partial charge in [-0.2, -0.15) is 0 Å². The van der Waals surface area contributed by atoms with Crippen LogP contribution in [-0.2, 0) is 6.54 Å². The average molecular weight is 252 g/mol. The molecule has 0 bridgehead atoms. The minimum atomic E-state index is -0.393. The van der Waals surface area contributed by atoms with Gasteiger partial charge in [0.15, 0.2) is 0 Å². The molecule has 1 rings (SSSR count). The van der Waals surface area contributed by atoms with Crippen LogP contribution >= 0.6 is 0 Å². The first-order valence-electron chi connectivity index (χ1n) is 6.10. The van der Waals surface area contributed by atoms with Gasteiger partial charge in [-0.1, -0.05) is 19.1 Å². The molecule has 0 aromatic heterocycles. The molecule has 0 aliphatic heterocycles. The van der Waals surface area contributed by atoms with Crippen molar-refractivity contribution in [1.82, 2.24) is 5.32 Å². The van der Waals surface area contributed by atoms with E-state index < -0.39 is 4.92 Å². The Morgan fingerprint density at radius 2 is 2.22 bits per heavy atom. The van der Waals surface area contributed by atoms with E-state index in [0.717, 1.165) is 12.0 Å². The van der Waals surface area contributed by atoms with Crippen molar-refractivity contribution in [3.63, 3.8) is 0 Å². The number of benzene rings is 1. The van der Waals surface area contributed by atoms with Gasteiger partial charge in [-0.25, -0.2) is 0 Å². The van der Waals surface area contributed by atoms with Crippen LogP contribution in [0.15, 0.2) is 24.3 Å². The first-order chi connectivity index (χ1) is 8.50.